The average Bonchev–Trinajstić information content (AvgIpc) is 2.85. The highest BCUT2D eigenvalue weighted by Gasteiger charge is 2.32. The van der Waals surface area contributed by atoms with Crippen LogP contribution in [-0.2, 0) is 0 Å². The lowest BCUT2D eigenvalue weighted by atomic mass is 10.2. The molecule has 0 spiro atoms. The second kappa shape index (κ2) is 4.83. The van der Waals surface area contributed by atoms with Crippen molar-refractivity contribution in [1.82, 2.24) is 4.90 Å². The summed E-state index contributed by atoms with van der Waals surface area (Å²) in [7, 11) is 0. The van der Waals surface area contributed by atoms with E-state index in [-0.39, 0.29) is 6.23 Å². The molecule has 0 aromatic carbocycles. The van der Waals surface area contributed by atoms with Crippen LogP contribution in [-0.4, -0.2) is 29.3 Å². The standard InChI is InChI=1S/C10H21NO/c1-3-7-11(8-4-2)10(12)9-5-6-9/h9-10,12H,3-8H2,1-2H3. The number of aliphatic hydroxyl groups is 1. The van der Waals surface area contributed by atoms with Gasteiger partial charge in [0.1, 0.15) is 6.23 Å². The minimum absolute atomic E-state index is 0.148. The van der Waals surface area contributed by atoms with Crippen molar-refractivity contribution in [2.24, 2.45) is 5.92 Å². The SMILES string of the molecule is CCCN(CCC)C(O)C1CC1. The van der Waals surface area contributed by atoms with Crippen LogP contribution >= 0.6 is 0 Å². The van der Waals surface area contributed by atoms with Crippen LogP contribution in [0.2, 0.25) is 0 Å². The summed E-state index contributed by atoms with van der Waals surface area (Å²) in [5, 5.41) is 9.84. The Hall–Kier alpha value is -0.0800. The highest BCUT2D eigenvalue weighted by Crippen LogP contribution is 2.34. The minimum Gasteiger partial charge on any atom is -0.378 e. The molecule has 0 aliphatic heterocycles. The van der Waals surface area contributed by atoms with E-state index in [1.165, 1.54) is 12.8 Å². The monoisotopic (exact) mass is 171 g/mol. The third-order valence-corrected chi connectivity index (χ3v) is 2.44. The van der Waals surface area contributed by atoms with Crippen LogP contribution in [0.1, 0.15) is 39.5 Å². The molecule has 0 heterocycles. The molecule has 2 heteroatoms. The molecule has 0 radical (unpaired) electrons. The van der Waals surface area contributed by atoms with E-state index in [1.54, 1.807) is 0 Å². The Morgan fingerprint density at radius 1 is 1.25 bits per heavy atom. The molecule has 12 heavy (non-hydrogen) atoms. The normalized spacial score (nSPS) is 20.0. The van der Waals surface area contributed by atoms with Gasteiger partial charge in [-0.3, -0.25) is 4.90 Å². The molecule has 1 saturated carbocycles. The molecule has 1 rings (SSSR count). The molecule has 1 N–H and O–H groups in total. The van der Waals surface area contributed by atoms with Crippen molar-refractivity contribution < 1.29 is 5.11 Å². The summed E-state index contributed by atoms with van der Waals surface area (Å²) in [5.74, 6) is 0.586. The van der Waals surface area contributed by atoms with Crippen molar-refractivity contribution in [1.29, 1.82) is 0 Å². The lowest BCUT2D eigenvalue weighted by Crippen LogP contribution is -2.37. The first-order valence-electron chi connectivity index (χ1n) is 5.21. The largest absolute Gasteiger partial charge is 0.378 e. The molecule has 72 valence electrons. The van der Waals surface area contributed by atoms with Gasteiger partial charge in [0.2, 0.25) is 0 Å². The Balaban J connectivity index is 2.28. The van der Waals surface area contributed by atoms with Crippen LogP contribution in [0, 0.1) is 5.92 Å². The molecule has 0 aromatic heterocycles. The van der Waals surface area contributed by atoms with Crippen molar-refractivity contribution >= 4 is 0 Å². The van der Waals surface area contributed by atoms with E-state index in [0.29, 0.717) is 5.92 Å². The van der Waals surface area contributed by atoms with Crippen LogP contribution in [0.4, 0.5) is 0 Å². The highest BCUT2D eigenvalue weighted by atomic mass is 16.3. The van der Waals surface area contributed by atoms with E-state index in [2.05, 4.69) is 18.7 Å². The Morgan fingerprint density at radius 3 is 2.08 bits per heavy atom. The summed E-state index contributed by atoms with van der Waals surface area (Å²) in [4.78, 5) is 2.22. The van der Waals surface area contributed by atoms with Gasteiger partial charge in [0.25, 0.3) is 0 Å². The number of hydrogen-bond donors (Lipinski definition) is 1. The Kier molecular flexibility index (Phi) is 4.02. The molecular formula is C10H21NO. The third kappa shape index (κ3) is 2.76. The molecule has 1 aliphatic carbocycles. The molecule has 1 fully saturated rings. The zero-order chi connectivity index (χ0) is 8.97. The van der Waals surface area contributed by atoms with Gasteiger partial charge in [-0.1, -0.05) is 13.8 Å². The van der Waals surface area contributed by atoms with Gasteiger partial charge in [-0.15, -0.1) is 0 Å². The summed E-state index contributed by atoms with van der Waals surface area (Å²) >= 11 is 0. The Bertz CT molecular complexity index is 117. The van der Waals surface area contributed by atoms with Crippen LogP contribution < -0.4 is 0 Å². The van der Waals surface area contributed by atoms with Crippen LogP contribution in [0.25, 0.3) is 0 Å². The molecule has 2 nitrogen and oxygen atoms in total. The van der Waals surface area contributed by atoms with Crippen molar-refractivity contribution in [3.8, 4) is 0 Å². The smallest absolute Gasteiger partial charge is 0.110 e. The fourth-order valence-corrected chi connectivity index (χ4v) is 1.64. The third-order valence-electron chi connectivity index (χ3n) is 2.44. The predicted octanol–water partition coefficient (Wildman–Crippen LogP) is 1.84. The van der Waals surface area contributed by atoms with Gasteiger partial charge in [-0.25, -0.2) is 0 Å². The van der Waals surface area contributed by atoms with Crippen LogP contribution in [0.3, 0.4) is 0 Å². The second-order valence-electron chi connectivity index (χ2n) is 3.79. The van der Waals surface area contributed by atoms with E-state index in [1.807, 2.05) is 0 Å². The fourth-order valence-electron chi connectivity index (χ4n) is 1.64. The maximum Gasteiger partial charge on any atom is 0.110 e. The zero-order valence-corrected chi connectivity index (χ0v) is 8.29. The van der Waals surface area contributed by atoms with Crippen molar-refractivity contribution in [3.05, 3.63) is 0 Å². The summed E-state index contributed by atoms with van der Waals surface area (Å²) in [6.45, 7) is 6.43. The topological polar surface area (TPSA) is 23.5 Å². The number of nitrogens with zero attached hydrogens (tertiary/aromatic N) is 1. The van der Waals surface area contributed by atoms with E-state index in [9.17, 15) is 5.11 Å². The minimum atomic E-state index is -0.148. The first kappa shape index (κ1) is 10.0. The molecule has 0 bridgehead atoms. The van der Waals surface area contributed by atoms with E-state index >= 15 is 0 Å². The van der Waals surface area contributed by atoms with Crippen molar-refractivity contribution in [3.63, 3.8) is 0 Å². The second-order valence-corrected chi connectivity index (χ2v) is 3.79. The number of rotatable bonds is 6. The molecule has 0 saturated heterocycles. The predicted molar refractivity (Wildman–Crippen MR) is 50.9 cm³/mol. The lowest BCUT2D eigenvalue weighted by molar-refractivity contribution is -0.0129. The van der Waals surface area contributed by atoms with Crippen LogP contribution in [0.5, 0.6) is 0 Å². The van der Waals surface area contributed by atoms with E-state index in [4.69, 9.17) is 0 Å². The van der Waals surface area contributed by atoms with Crippen LogP contribution in [0.15, 0.2) is 0 Å². The number of aliphatic hydroxyl groups excluding tert-OH is 1. The molecule has 1 aliphatic rings. The van der Waals surface area contributed by atoms with Gasteiger partial charge in [-0.05, 0) is 31.6 Å². The summed E-state index contributed by atoms with van der Waals surface area (Å²) in [6, 6.07) is 0. The molecule has 1 atom stereocenters. The average molecular weight is 171 g/mol. The summed E-state index contributed by atoms with van der Waals surface area (Å²) in [5.41, 5.74) is 0. The fraction of sp³-hybridized carbons (Fsp3) is 1.00. The highest BCUT2D eigenvalue weighted by molar-refractivity contribution is 4.81. The summed E-state index contributed by atoms with van der Waals surface area (Å²) < 4.78 is 0. The van der Waals surface area contributed by atoms with Gasteiger partial charge in [-0.2, -0.15) is 0 Å². The Morgan fingerprint density at radius 2 is 1.75 bits per heavy atom. The van der Waals surface area contributed by atoms with Gasteiger partial charge in [0.05, 0.1) is 0 Å². The first-order valence-corrected chi connectivity index (χ1v) is 5.21. The number of hydrogen-bond acceptors (Lipinski definition) is 2. The van der Waals surface area contributed by atoms with Gasteiger partial charge in [0, 0.05) is 13.1 Å². The summed E-state index contributed by atoms with van der Waals surface area (Å²) in [6.07, 6.45) is 4.59. The molecule has 0 aromatic rings. The van der Waals surface area contributed by atoms with E-state index in [0.717, 1.165) is 25.9 Å². The van der Waals surface area contributed by atoms with Crippen molar-refractivity contribution in [2.45, 2.75) is 45.8 Å². The maximum absolute atomic E-state index is 9.84. The molecular weight excluding hydrogens is 150 g/mol. The molecule has 0 amide bonds. The zero-order valence-electron chi connectivity index (χ0n) is 8.29. The quantitative estimate of drug-likeness (QED) is 0.616. The Labute approximate surface area is 75.6 Å². The molecule has 1 unspecified atom stereocenters. The van der Waals surface area contributed by atoms with Crippen molar-refractivity contribution in [2.75, 3.05) is 13.1 Å². The lowest BCUT2D eigenvalue weighted by Gasteiger charge is -2.26. The van der Waals surface area contributed by atoms with Gasteiger partial charge >= 0.3 is 0 Å². The van der Waals surface area contributed by atoms with Gasteiger partial charge < -0.3 is 5.11 Å². The van der Waals surface area contributed by atoms with Gasteiger partial charge in [0.15, 0.2) is 0 Å². The maximum atomic E-state index is 9.84. The van der Waals surface area contributed by atoms with E-state index < -0.39 is 0 Å². The first-order chi connectivity index (χ1) is 5.79.